The van der Waals surface area contributed by atoms with Crippen LogP contribution in [0.15, 0.2) is 85.1 Å². The van der Waals surface area contributed by atoms with E-state index in [4.69, 9.17) is 14.2 Å². The predicted molar refractivity (Wildman–Crippen MR) is 353 cm³/mol. The number of carbonyl (C=O) groups is 3. The molecule has 81 heavy (non-hydrogen) atoms. The summed E-state index contributed by atoms with van der Waals surface area (Å²) in [6.45, 7) is 6.53. The van der Waals surface area contributed by atoms with Crippen LogP contribution >= 0.6 is 0 Å². The number of allylic oxidation sites excluding steroid dienone is 14. The molecule has 0 N–H and O–H groups in total. The molecule has 0 bridgehead atoms. The Balaban J connectivity index is 4.11. The first-order valence-electron chi connectivity index (χ1n) is 35.1. The van der Waals surface area contributed by atoms with Gasteiger partial charge >= 0.3 is 17.9 Å². The van der Waals surface area contributed by atoms with Crippen LogP contribution in [0.5, 0.6) is 0 Å². The predicted octanol–water partition coefficient (Wildman–Crippen LogP) is 24.2. The minimum atomic E-state index is -0.780. The van der Waals surface area contributed by atoms with E-state index in [0.29, 0.717) is 19.3 Å². The van der Waals surface area contributed by atoms with Crippen molar-refractivity contribution in [3.8, 4) is 0 Å². The molecule has 0 aliphatic carbocycles. The smallest absolute Gasteiger partial charge is 0.306 e. The fourth-order valence-electron chi connectivity index (χ4n) is 10.2. The van der Waals surface area contributed by atoms with Crippen molar-refractivity contribution in [1.82, 2.24) is 0 Å². The van der Waals surface area contributed by atoms with Crippen LogP contribution in [0.4, 0.5) is 0 Å². The van der Waals surface area contributed by atoms with Crippen molar-refractivity contribution in [2.75, 3.05) is 13.2 Å². The summed E-state index contributed by atoms with van der Waals surface area (Å²) < 4.78 is 16.9. The molecule has 0 aliphatic rings. The van der Waals surface area contributed by atoms with Crippen LogP contribution in [-0.4, -0.2) is 37.2 Å². The van der Waals surface area contributed by atoms with E-state index in [0.717, 1.165) is 116 Å². The number of esters is 3. The average Bonchev–Trinajstić information content (AvgIpc) is 3.46. The summed E-state index contributed by atoms with van der Waals surface area (Å²) >= 11 is 0. The molecule has 0 spiro atoms. The monoisotopic (exact) mass is 1130 g/mol. The van der Waals surface area contributed by atoms with Crippen molar-refractivity contribution < 1.29 is 28.6 Å². The Kier molecular flexibility index (Phi) is 66.2. The zero-order chi connectivity index (χ0) is 58.5. The average molecular weight is 1130 g/mol. The third kappa shape index (κ3) is 67.3. The third-order valence-electron chi connectivity index (χ3n) is 15.4. The Bertz CT molecular complexity index is 1530. The molecule has 1 atom stereocenters. The quantitative estimate of drug-likeness (QED) is 0.0261. The first-order valence-corrected chi connectivity index (χ1v) is 35.1. The second kappa shape index (κ2) is 69.1. The lowest BCUT2D eigenvalue weighted by atomic mass is 10.0. The number of hydrogen-bond donors (Lipinski definition) is 0. The Labute approximate surface area is 503 Å². The number of hydrogen-bond acceptors (Lipinski definition) is 6. The van der Waals surface area contributed by atoms with E-state index in [1.807, 2.05) is 0 Å². The first kappa shape index (κ1) is 77.6. The van der Waals surface area contributed by atoms with Crippen LogP contribution in [0, 0.1) is 0 Å². The summed E-state index contributed by atoms with van der Waals surface area (Å²) in [5, 5.41) is 0. The van der Waals surface area contributed by atoms with Gasteiger partial charge in [0.1, 0.15) is 13.2 Å². The summed E-state index contributed by atoms with van der Waals surface area (Å²) in [4.78, 5) is 38.3. The Hall–Kier alpha value is -3.41. The Morgan fingerprint density at radius 3 is 0.778 bits per heavy atom. The lowest BCUT2D eigenvalue weighted by molar-refractivity contribution is -0.167. The van der Waals surface area contributed by atoms with Gasteiger partial charge in [0.15, 0.2) is 6.10 Å². The van der Waals surface area contributed by atoms with Gasteiger partial charge < -0.3 is 14.2 Å². The molecule has 0 fully saturated rings. The van der Waals surface area contributed by atoms with Crippen LogP contribution < -0.4 is 0 Å². The maximum Gasteiger partial charge on any atom is 0.306 e. The van der Waals surface area contributed by atoms with Gasteiger partial charge in [0.2, 0.25) is 0 Å². The van der Waals surface area contributed by atoms with E-state index in [1.165, 1.54) is 199 Å². The highest BCUT2D eigenvalue weighted by atomic mass is 16.6. The minimum absolute atomic E-state index is 0.0759. The van der Waals surface area contributed by atoms with Gasteiger partial charge in [-0.1, -0.05) is 324 Å². The molecule has 1 unspecified atom stereocenters. The maximum absolute atomic E-state index is 12.9. The highest BCUT2D eigenvalue weighted by Crippen LogP contribution is 2.18. The van der Waals surface area contributed by atoms with Crippen LogP contribution in [-0.2, 0) is 28.6 Å². The van der Waals surface area contributed by atoms with Gasteiger partial charge in [-0.15, -0.1) is 0 Å². The number of ether oxygens (including phenoxy) is 3. The molecule has 0 saturated carbocycles. The Morgan fingerprint density at radius 2 is 0.481 bits per heavy atom. The molecular formula is C75H132O6. The van der Waals surface area contributed by atoms with E-state index in [9.17, 15) is 14.4 Å². The Morgan fingerprint density at radius 1 is 0.259 bits per heavy atom. The van der Waals surface area contributed by atoms with Gasteiger partial charge in [0, 0.05) is 19.3 Å². The lowest BCUT2D eigenvalue weighted by Gasteiger charge is -2.18. The number of rotatable bonds is 64. The largest absolute Gasteiger partial charge is 0.462 e. The van der Waals surface area contributed by atoms with Crippen LogP contribution in [0.3, 0.4) is 0 Å². The molecule has 6 heteroatoms. The fraction of sp³-hybridized carbons (Fsp3) is 0.773. The summed E-state index contributed by atoms with van der Waals surface area (Å²) in [6.07, 6.45) is 91.9. The number of carbonyl (C=O) groups excluding carboxylic acids is 3. The van der Waals surface area contributed by atoms with E-state index in [-0.39, 0.29) is 31.1 Å². The maximum atomic E-state index is 12.9. The van der Waals surface area contributed by atoms with E-state index >= 15 is 0 Å². The van der Waals surface area contributed by atoms with Crippen molar-refractivity contribution in [3.05, 3.63) is 85.1 Å². The van der Waals surface area contributed by atoms with E-state index in [1.54, 1.807) is 0 Å². The molecule has 0 heterocycles. The van der Waals surface area contributed by atoms with Gasteiger partial charge in [-0.25, -0.2) is 0 Å². The van der Waals surface area contributed by atoms with Crippen molar-refractivity contribution in [1.29, 1.82) is 0 Å². The normalized spacial score (nSPS) is 12.6. The summed E-state index contributed by atoms with van der Waals surface area (Å²) in [5.74, 6) is -0.870. The van der Waals surface area contributed by atoms with Crippen molar-refractivity contribution in [3.63, 3.8) is 0 Å². The van der Waals surface area contributed by atoms with Gasteiger partial charge in [0.05, 0.1) is 0 Å². The fourth-order valence-corrected chi connectivity index (χ4v) is 10.2. The van der Waals surface area contributed by atoms with Gasteiger partial charge in [-0.3, -0.25) is 14.4 Å². The van der Waals surface area contributed by atoms with Crippen LogP contribution in [0.25, 0.3) is 0 Å². The van der Waals surface area contributed by atoms with Crippen molar-refractivity contribution in [2.24, 2.45) is 0 Å². The highest BCUT2D eigenvalue weighted by Gasteiger charge is 2.19. The second-order valence-electron chi connectivity index (χ2n) is 23.4. The molecular weight excluding hydrogens is 997 g/mol. The van der Waals surface area contributed by atoms with Gasteiger partial charge in [0.25, 0.3) is 0 Å². The number of unbranched alkanes of at least 4 members (excludes halogenated alkanes) is 39. The topological polar surface area (TPSA) is 78.9 Å². The second-order valence-corrected chi connectivity index (χ2v) is 23.4. The molecule has 0 amide bonds. The van der Waals surface area contributed by atoms with E-state index in [2.05, 4.69) is 106 Å². The minimum Gasteiger partial charge on any atom is -0.462 e. The molecule has 468 valence electrons. The zero-order valence-electron chi connectivity index (χ0n) is 53.8. The summed E-state index contributed by atoms with van der Waals surface area (Å²) in [6, 6.07) is 0. The van der Waals surface area contributed by atoms with Crippen molar-refractivity contribution in [2.45, 2.75) is 361 Å². The molecule has 6 nitrogen and oxygen atoms in total. The zero-order valence-corrected chi connectivity index (χ0v) is 53.8. The molecule has 0 aliphatic heterocycles. The van der Waals surface area contributed by atoms with E-state index < -0.39 is 6.10 Å². The molecule has 0 aromatic carbocycles. The molecule has 0 aromatic heterocycles. The van der Waals surface area contributed by atoms with Crippen LogP contribution in [0.1, 0.15) is 355 Å². The molecule has 0 rings (SSSR count). The summed E-state index contributed by atoms with van der Waals surface area (Å²) in [5.41, 5.74) is 0. The van der Waals surface area contributed by atoms with Gasteiger partial charge in [-0.2, -0.15) is 0 Å². The lowest BCUT2D eigenvalue weighted by Crippen LogP contribution is -2.30. The first-order chi connectivity index (χ1) is 40.0. The molecule has 0 radical (unpaired) electrons. The van der Waals surface area contributed by atoms with Gasteiger partial charge in [-0.05, 0) is 96.3 Å². The molecule has 0 aromatic rings. The summed E-state index contributed by atoms with van der Waals surface area (Å²) in [7, 11) is 0. The highest BCUT2D eigenvalue weighted by molar-refractivity contribution is 5.71. The SMILES string of the molecule is CC/C=C\C/C=C\C/C=C\C/C=C\C/C=C\CCCCCCCCCCCCCCCCCCCCCC(=O)OCC(COC(=O)CCCCCCCCCCCCCCC)OC(=O)CCCCCCC/C=C\C/C=C\CCCCC. The standard InChI is InChI=1S/C75H132O6/c1-4-7-10-13-16-19-22-25-27-28-29-30-31-32-33-34-35-36-37-38-39-40-41-42-43-44-45-46-48-50-53-56-59-62-65-68-74(77)80-71-72(70-79-73(76)67-64-61-58-55-52-49-24-21-18-15-12-9-6-3)81-75(78)69-66-63-60-57-54-51-47-26-23-20-17-14-11-8-5-2/h7,10,16-17,19-20,25-27,29-30,32-33,47,72H,4-6,8-9,11-15,18,21-24,28,31,34-46,48-71H2,1-3H3/b10-7-,19-16-,20-17-,27-25-,30-29-,33-32-,47-26-. The van der Waals surface area contributed by atoms with Crippen LogP contribution in [0.2, 0.25) is 0 Å². The third-order valence-corrected chi connectivity index (χ3v) is 15.4. The van der Waals surface area contributed by atoms with Crippen molar-refractivity contribution >= 4 is 17.9 Å². The molecule has 0 saturated heterocycles.